The molecule has 2 atom stereocenters. The number of nitrogens with one attached hydrogen (secondary N) is 1. The third kappa shape index (κ3) is 2.49. The van der Waals surface area contributed by atoms with Gasteiger partial charge in [-0.3, -0.25) is 0 Å². The van der Waals surface area contributed by atoms with Crippen LogP contribution in [0.15, 0.2) is 22.7 Å². The van der Waals surface area contributed by atoms with E-state index in [1.165, 1.54) is 35.0 Å². The highest BCUT2D eigenvalue weighted by Gasteiger charge is 2.24. The maximum Gasteiger partial charge on any atom is 0.0204 e. The van der Waals surface area contributed by atoms with Gasteiger partial charge in [0.15, 0.2) is 0 Å². The Hall–Kier alpha value is -0.340. The molecule has 0 bridgehead atoms. The zero-order valence-electron chi connectivity index (χ0n) is 10.1. The molecule has 2 rings (SSSR count). The molecule has 1 heterocycles. The molecule has 1 aliphatic rings. The molecular weight excluding hydrogens is 262 g/mol. The molecule has 1 fully saturated rings. The molecule has 88 valence electrons. The minimum Gasteiger partial charge on any atom is -0.316 e. The highest BCUT2D eigenvalue weighted by atomic mass is 79.9. The van der Waals surface area contributed by atoms with Gasteiger partial charge in [-0.2, -0.15) is 0 Å². The van der Waals surface area contributed by atoms with E-state index in [-0.39, 0.29) is 0 Å². The van der Waals surface area contributed by atoms with Crippen molar-refractivity contribution in [3.05, 3.63) is 33.8 Å². The quantitative estimate of drug-likeness (QED) is 0.868. The summed E-state index contributed by atoms with van der Waals surface area (Å²) >= 11 is 3.57. The summed E-state index contributed by atoms with van der Waals surface area (Å²) in [5.74, 6) is 1.55. The Balaban J connectivity index is 2.23. The average molecular weight is 282 g/mol. The topological polar surface area (TPSA) is 12.0 Å². The van der Waals surface area contributed by atoms with Crippen molar-refractivity contribution in [2.45, 2.75) is 32.6 Å². The van der Waals surface area contributed by atoms with E-state index < -0.39 is 0 Å². The minimum atomic E-state index is 0.748. The molecule has 2 heteroatoms. The first kappa shape index (κ1) is 12.1. The van der Waals surface area contributed by atoms with Crippen LogP contribution >= 0.6 is 15.9 Å². The van der Waals surface area contributed by atoms with Crippen molar-refractivity contribution in [2.24, 2.45) is 5.92 Å². The van der Waals surface area contributed by atoms with Crippen molar-refractivity contribution in [1.82, 2.24) is 5.32 Å². The lowest BCUT2D eigenvalue weighted by atomic mass is 9.79. The zero-order valence-corrected chi connectivity index (χ0v) is 11.7. The highest BCUT2D eigenvalue weighted by Crippen LogP contribution is 2.33. The van der Waals surface area contributed by atoms with E-state index in [4.69, 9.17) is 0 Å². The van der Waals surface area contributed by atoms with E-state index in [0.717, 1.165) is 18.4 Å². The molecule has 1 saturated heterocycles. The first-order valence-electron chi connectivity index (χ1n) is 6.19. The van der Waals surface area contributed by atoms with Gasteiger partial charge >= 0.3 is 0 Å². The van der Waals surface area contributed by atoms with Gasteiger partial charge in [0.2, 0.25) is 0 Å². The Kier molecular flexibility index (Phi) is 4.04. The average Bonchev–Trinajstić information content (AvgIpc) is 2.32. The molecule has 1 aromatic carbocycles. The summed E-state index contributed by atoms with van der Waals surface area (Å²) in [5.41, 5.74) is 2.87. The van der Waals surface area contributed by atoms with E-state index >= 15 is 0 Å². The lowest BCUT2D eigenvalue weighted by Crippen LogP contribution is -2.35. The SMILES string of the molecule is CCC1CNCCC1c1ccc(Br)c(C)c1. The van der Waals surface area contributed by atoms with Crippen LogP contribution in [0.4, 0.5) is 0 Å². The van der Waals surface area contributed by atoms with E-state index in [1.54, 1.807) is 0 Å². The standard InChI is InChI=1S/C14H20BrN/c1-3-11-9-16-7-6-13(11)12-4-5-14(15)10(2)8-12/h4-5,8,11,13,16H,3,6-7,9H2,1-2H3. The molecule has 16 heavy (non-hydrogen) atoms. The van der Waals surface area contributed by atoms with Gasteiger partial charge in [-0.15, -0.1) is 0 Å². The van der Waals surface area contributed by atoms with Crippen LogP contribution in [0.2, 0.25) is 0 Å². The van der Waals surface area contributed by atoms with Gasteiger partial charge < -0.3 is 5.32 Å². The van der Waals surface area contributed by atoms with Crippen LogP contribution < -0.4 is 5.32 Å². The van der Waals surface area contributed by atoms with Crippen molar-refractivity contribution in [3.63, 3.8) is 0 Å². The summed E-state index contributed by atoms with van der Waals surface area (Å²) in [5, 5.41) is 3.50. The lowest BCUT2D eigenvalue weighted by Gasteiger charge is -2.32. The molecule has 0 aromatic heterocycles. The first-order valence-corrected chi connectivity index (χ1v) is 6.98. The summed E-state index contributed by atoms with van der Waals surface area (Å²) in [6, 6.07) is 6.83. The number of rotatable bonds is 2. The normalized spacial score (nSPS) is 25.7. The molecule has 0 spiro atoms. The van der Waals surface area contributed by atoms with Gasteiger partial charge in [0.25, 0.3) is 0 Å². The smallest absolute Gasteiger partial charge is 0.0204 e. The third-order valence-electron chi connectivity index (χ3n) is 3.74. The predicted molar refractivity (Wildman–Crippen MR) is 72.9 cm³/mol. The van der Waals surface area contributed by atoms with Crippen molar-refractivity contribution < 1.29 is 0 Å². The first-order chi connectivity index (χ1) is 7.72. The van der Waals surface area contributed by atoms with Crippen LogP contribution in [0.1, 0.15) is 36.8 Å². The van der Waals surface area contributed by atoms with Crippen LogP contribution in [0.5, 0.6) is 0 Å². The van der Waals surface area contributed by atoms with Crippen LogP contribution in [0.25, 0.3) is 0 Å². The second-order valence-electron chi connectivity index (χ2n) is 4.78. The molecule has 1 N–H and O–H groups in total. The fraction of sp³-hybridized carbons (Fsp3) is 0.571. The Morgan fingerprint density at radius 2 is 2.25 bits per heavy atom. The van der Waals surface area contributed by atoms with Gasteiger partial charge in [-0.25, -0.2) is 0 Å². The highest BCUT2D eigenvalue weighted by molar-refractivity contribution is 9.10. The van der Waals surface area contributed by atoms with E-state index in [2.05, 4.69) is 53.3 Å². The van der Waals surface area contributed by atoms with Gasteiger partial charge in [0.05, 0.1) is 0 Å². The molecule has 0 aliphatic carbocycles. The molecule has 0 saturated carbocycles. The molecule has 0 amide bonds. The summed E-state index contributed by atoms with van der Waals surface area (Å²) in [7, 11) is 0. The largest absolute Gasteiger partial charge is 0.316 e. The number of hydrogen-bond donors (Lipinski definition) is 1. The summed E-state index contributed by atoms with van der Waals surface area (Å²) in [6.45, 7) is 6.82. The lowest BCUT2D eigenvalue weighted by molar-refractivity contribution is 0.318. The third-order valence-corrected chi connectivity index (χ3v) is 4.63. The minimum absolute atomic E-state index is 0.748. The van der Waals surface area contributed by atoms with E-state index in [9.17, 15) is 0 Å². The van der Waals surface area contributed by atoms with Crippen molar-refractivity contribution in [3.8, 4) is 0 Å². The summed E-state index contributed by atoms with van der Waals surface area (Å²) in [6.07, 6.45) is 2.55. The van der Waals surface area contributed by atoms with Crippen molar-refractivity contribution in [2.75, 3.05) is 13.1 Å². The maximum absolute atomic E-state index is 3.57. The monoisotopic (exact) mass is 281 g/mol. The zero-order chi connectivity index (χ0) is 11.5. The van der Waals surface area contributed by atoms with Gasteiger partial charge in [0.1, 0.15) is 0 Å². The number of aryl methyl sites for hydroxylation is 1. The van der Waals surface area contributed by atoms with Gasteiger partial charge in [-0.05, 0) is 55.5 Å². The van der Waals surface area contributed by atoms with Crippen LogP contribution in [-0.4, -0.2) is 13.1 Å². The van der Waals surface area contributed by atoms with Crippen LogP contribution in [0, 0.1) is 12.8 Å². The van der Waals surface area contributed by atoms with Crippen molar-refractivity contribution in [1.29, 1.82) is 0 Å². The number of halogens is 1. The van der Waals surface area contributed by atoms with Gasteiger partial charge in [-0.1, -0.05) is 41.4 Å². The molecular formula is C14H20BrN. The number of benzene rings is 1. The predicted octanol–water partition coefficient (Wildman–Crippen LogP) is 3.86. The summed E-state index contributed by atoms with van der Waals surface area (Å²) in [4.78, 5) is 0. The Bertz CT molecular complexity index is 362. The molecule has 1 aliphatic heterocycles. The Labute approximate surface area is 107 Å². The van der Waals surface area contributed by atoms with E-state index in [1.807, 2.05) is 0 Å². The number of hydrogen-bond acceptors (Lipinski definition) is 1. The van der Waals surface area contributed by atoms with Crippen molar-refractivity contribution >= 4 is 15.9 Å². The second kappa shape index (κ2) is 5.33. The Morgan fingerprint density at radius 1 is 1.44 bits per heavy atom. The molecule has 1 aromatic rings. The number of piperidine rings is 1. The fourth-order valence-corrected chi connectivity index (χ4v) is 2.94. The fourth-order valence-electron chi connectivity index (χ4n) is 2.69. The molecule has 0 radical (unpaired) electrons. The maximum atomic E-state index is 3.57. The van der Waals surface area contributed by atoms with E-state index in [0.29, 0.717) is 0 Å². The second-order valence-corrected chi connectivity index (χ2v) is 5.63. The molecule has 2 unspecified atom stereocenters. The molecule has 1 nitrogen and oxygen atoms in total. The summed E-state index contributed by atoms with van der Waals surface area (Å²) < 4.78 is 1.22. The van der Waals surface area contributed by atoms with Crippen LogP contribution in [-0.2, 0) is 0 Å². The van der Waals surface area contributed by atoms with Gasteiger partial charge in [0, 0.05) is 4.47 Å². The Morgan fingerprint density at radius 3 is 2.94 bits per heavy atom. The van der Waals surface area contributed by atoms with Crippen LogP contribution in [0.3, 0.4) is 0 Å².